The maximum Gasteiger partial charge on any atom is 0.418 e. The summed E-state index contributed by atoms with van der Waals surface area (Å²) in [4.78, 5) is 26.1. The second kappa shape index (κ2) is 6.31. The summed E-state index contributed by atoms with van der Waals surface area (Å²) in [7, 11) is 0. The topological polar surface area (TPSA) is 94.3 Å². The molecule has 0 unspecified atom stereocenters. The largest absolute Gasteiger partial charge is 0.418 e. The first-order valence-electron chi connectivity index (χ1n) is 5.64. The molecule has 1 heterocycles. The average Bonchev–Trinajstić information content (AvgIpc) is 2.44. The van der Waals surface area contributed by atoms with Gasteiger partial charge in [0.25, 0.3) is 0 Å². The van der Waals surface area contributed by atoms with Crippen molar-refractivity contribution in [1.82, 2.24) is 4.98 Å². The number of halogens is 2. The first-order chi connectivity index (χ1) is 9.99. The molecule has 0 bridgehead atoms. The summed E-state index contributed by atoms with van der Waals surface area (Å²) in [6.07, 6.45) is 0.349. The number of ether oxygens (including phenoxy) is 1. The molecule has 1 amide bonds. The number of aromatic nitrogens is 1. The van der Waals surface area contributed by atoms with E-state index >= 15 is 0 Å². The van der Waals surface area contributed by atoms with E-state index < -0.39 is 11.9 Å². The molecule has 0 saturated carbocycles. The number of hydrogen-bond acceptors (Lipinski definition) is 5. The number of amides is 1. The molecule has 8 heteroatoms. The van der Waals surface area contributed by atoms with Crippen LogP contribution in [-0.2, 0) is 0 Å². The lowest BCUT2D eigenvalue weighted by Gasteiger charge is -2.09. The molecule has 3 N–H and O–H groups in total. The number of nitrogens with zero attached hydrogens (tertiary/aromatic N) is 1. The average molecular weight is 354 g/mol. The minimum absolute atomic E-state index is 0.101. The summed E-state index contributed by atoms with van der Waals surface area (Å²) in [5.74, 6) is -0.647. The molecule has 0 atom stereocenters. The van der Waals surface area contributed by atoms with Gasteiger partial charge >= 0.3 is 6.09 Å². The molecule has 0 radical (unpaired) electrons. The molecule has 0 spiro atoms. The number of nitrogen functional groups attached to an aromatic ring is 1. The quantitative estimate of drug-likeness (QED) is 0.653. The van der Waals surface area contributed by atoms with Gasteiger partial charge in [0.05, 0.1) is 17.4 Å². The van der Waals surface area contributed by atoms with Crippen molar-refractivity contribution in [3.8, 4) is 5.75 Å². The van der Waals surface area contributed by atoms with Crippen molar-refractivity contribution in [2.45, 2.75) is 0 Å². The summed E-state index contributed by atoms with van der Waals surface area (Å²) in [5, 5.41) is 2.24. The van der Waals surface area contributed by atoms with Crippen molar-refractivity contribution < 1.29 is 18.7 Å². The lowest BCUT2D eigenvalue weighted by molar-refractivity contribution is 0.112. The van der Waals surface area contributed by atoms with Gasteiger partial charge in [0.1, 0.15) is 11.6 Å². The minimum Gasteiger partial charge on any atom is -0.408 e. The fraction of sp³-hybridized carbons (Fsp3) is 0. The van der Waals surface area contributed by atoms with E-state index in [-0.39, 0.29) is 22.8 Å². The van der Waals surface area contributed by atoms with Gasteiger partial charge in [-0.3, -0.25) is 10.1 Å². The van der Waals surface area contributed by atoms with Crippen LogP contribution in [0.4, 0.5) is 20.7 Å². The van der Waals surface area contributed by atoms with E-state index in [1.54, 1.807) is 12.1 Å². The molecule has 0 saturated heterocycles. The van der Waals surface area contributed by atoms with Gasteiger partial charge < -0.3 is 10.5 Å². The fourth-order valence-corrected chi connectivity index (χ4v) is 1.86. The number of nitrogens with one attached hydrogen (secondary N) is 1. The standard InChI is InChI=1S/C13H9BrFN3O3/c14-8-1-2-11(10(16)4-8)21-13(20)18-12-7(6-19)3-9(15)5-17-12/h1-6H,16H2,(H,17,18,20). The van der Waals surface area contributed by atoms with Crippen LogP contribution in [0.2, 0.25) is 0 Å². The molecular formula is C13H9BrFN3O3. The molecule has 0 aliphatic carbocycles. The third-order valence-electron chi connectivity index (χ3n) is 2.41. The number of anilines is 2. The Morgan fingerprint density at radius 3 is 2.86 bits per heavy atom. The Morgan fingerprint density at radius 2 is 2.19 bits per heavy atom. The molecule has 2 aromatic rings. The predicted molar refractivity (Wildman–Crippen MR) is 77.8 cm³/mol. The second-order valence-electron chi connectivity index (χ2n) is 3.91. The van der Waals surface area contributed by atoms with Gasteiger partial charge in [0.2, 0.25) is 0 Å². The van der Waals surface area contributed by atoms with E-state index in [2.05, 4.69) is 26.2 Å². The Hall–Kier alpha value is -2.48. The van der Waals surface area contributed by atoms with E-state index in [4.69, 9.17) is 10.5 Å². The molecule has 108 valence electrons. The summed E-state index contributed by atoms with van der Waals surface area (Å²) >= 11 is 3.22. The molecule has 1 aromatic heterocycles. The van der Waals surface area contributed by atoms with Crippen LogP contribution in [0.1, 0.15) is 10.4 Å². The first-order valence-corrected chi connectivity index (χ1v) is 6.43. The maximum absolute atomic E-state index is 12.9. The van der Waals surface area contributed by atoms with Gasteiger partial charge in [-0.25, -0.2) is 14.2 Å². The van der Waals surface area contributed by atoms with Crippen LogP contribution in [0.15, 0.2) is 34.9 Å². The Labute approximate surface area is 127 Å². The van der Waals surface area contributed by atoms with Gasteiger partial charge in [-0.05, 0) is 24.3 Å². The summed E-state index contributed by atoms with van der Waals surface area (Å²) in [5.41, 5.74) is 5.83. The Kier molecular flexibility index (Phi) is 4.49. The molecule has 0 aliphatic rings. The summed E-state index contributed by atoms with van der Waals surface area (Å²) in [6, 6.07) is 5.66. The molecule has 0 fully saturated rings. The SMILES string of the molecule is Nc1cc(Br)ccc1OC(=O)Nc1ncc(F)cc1C=O. The van der Waals surface area contributed by atoms with Crippen molar-refractivity contribution in [3.05, 3.63) is 46.3 Å². The molecule has 1 aromatic carbocycles. The lowest BCUT2D eigenvalue weighted by atomic mass is 10.3. The van der Waals surface area contributed by atoms with E-state index in [0.717, 1.165) is 16.7 Å². The molecule has 0 aliphatic heterocycles. The zero-order valence-electron chi connectivity index (χ0n) is 10.5. The highest BCUT2D eigenvalue weighted by Gasteiger charge is 2.12. The second-order valence-corrected chi connectivity index (χ2v) is 4.82. The third kappa shape index (κ3) is 3.76. The van der Waals surface area contributed by atoms with Gasteiger partial charge in [-0.1, -0.05) is 15.9 Å². The van der Waals surface area contributed by atoms with Gasteiger partial charge in [0.15, 0.2) is 12.0 Å². The smallest absolute Gasteiger partial charge is 0.408 e. The van der Waals surface area contributed by atoms with E-state index in [1.807, 2.05) is 0 Å². The molecule has 2 rings (SSSR count). The van der Waals surface area contributed by atoms with Gasteiger partial charge in [-0.15, -0.1) is 0 Å². The number of aldehydes is 1. The van der Waals surface area contributed by atoms with Gasteiger partial charge in [-0.2, -0.15) is 0 Å². The number of rotatable bonds is 3. The highest BCUT2D eigenvalue weighted by Crippen LogP contribution is 2.25. The van der Waals surface area contributed by atoms with Crippen LogP contribution >= 0.6 is 15.9 Å². The van der Waals surface area contributed by atoms with E-state index in [1.165, 1.54) is 6.07 Å². The summed E-state index contributed by atoms with van der Waals surface area (Å²) in [6.45, 7) is 0. The van der Waals surface area contributed by atoms with Crippen molar-refractivity contribution in [3.63, 3.8) is 0 Å². The Morgan fingerprint density at radius 1 is 1.43 bits per heavy atom. The lowest BCUT2D eigenvalue weighted by Crippen LogP contribution is -2.19. The number of hydrogen-bond donors (Lipinski definition) is 2. The van der Waals surface area contributed by atoms with Crippen LogP contribution in [0.5, 0.6) is 5.75 Å². The first kappa shape index (κ1) is 14.9. The van der Waals surface area contributed by atoms with Crippen LogP contribution in [-0.4, -0.2) is 17.4 Å². The maximum atomic E-state index is 12.9. The van der Waals surface area contributed by atoms with Crippen molar-refractivity contribution >= 4 is 39.8 Å². The molecule has 21 heavy (non-hydrogen) atoms. The molecular weight excluding hydrogens is 345 g/mol. The van der Waals surface area contributed by atoms with Crippen LogP contribution in [0.3, 0.4) is 0 Å². The zero-order chi connectivity index (χ0) is 15.4. The van der Waals surface area contributed by atoms with E-state index in [9.17, 15) is 14.0 Å². The van der Waals surface area contributed by atoms with Crippen LogP contribution < -0.4 is 15.8 Å². The third-order valence-corrected chi connectivity index (χ3v) is 2.90. The normalized spacial score (nSPS) is 10.0. The zero-order valence-corrected chi connectivity index (χ0v) is 12.1. The van der Waals surface area contributed by atoms with Crippen LogP contribution in [0.25, 0.3) is 0 Å². The van der Waals surface area contributed by atoms with E-state index in [0.29, 0.717) is 6.29 Å². The highest BCUT2D eigenvalue weighted by molar-refractivity contribution is 9.10. The minimum atomic E-state index is -0.897. The highest BCUT2D eigenvalue weighted by atomic mass is 79.9. The Balaban J connectivity index is 2.13. The molecule has 6 nitrogen and oxygen atoms in total. The number of benzene rings is 1. The predicted octanol–water partition coefficient (Wildman–Crippen LogP) is 2.99. The van der Waals surface area contributed by atoms with Crippen molar-refractivity contribution in [1.29, 1.82) is 0 Å². The number of nitrogens with two attached hydrogens (primary N) is 1. The fourth-order valence-electron chi connectivity index (χ4n) is 1.48. The number of pyridine rings is 1. The monoisotopic (exact) mass is 353 g/mol. The van der Waals surface area contributed by atoms with Crippen molar-refractivity contribution in [2.24, 2.45) is 0 Å². The number of carbonyl (C=O) groups is 2. The summed E-state index contributed by atoms with van der Waals surface area (Å²) < 4.78 is 18.6. The number of carbonyl (C=O) groups excluding carboxylic acids is 2. The Bertz CT molecular complexity index is 709. The van der Waals surface area contributed by atoms with Crippen molar-refractivity contribution in [2.75, 3.05) is 11.1 Å². The van der Waals surface area contributed by atoms with Crippen LogP contribution in [0, 0.1) is 5.82 Å². The van der Waals surface area contributed by atoms with Gasteiger partial charge in [0, 0.05) is 4.47 Å².